The molecule has 0 radical (unpaired) electrons. The van der Waals surface area contributed by atoms with Crippen molar-refractivity contribution < 1.29 is 18.0 Å². The lowest BCUT2D eigenvalue weighted by molar-refractivity contribution is -0.134. The number of hydrogen-bond acceptors (Lipinski definition) is 4. The lowest BCUT2D eigenvalue weighted by Crippen LogP contribution is -2.45. The highest BCUT2D eigenvalue weighted by Gasteiger charge is 2.39. The highest BCUT2D eigenvalue weighted by atomic mass is 32.2. The fraction of sp³-hybridized carbons (Fsp3) is 0.417. The number of nitrogens with zero attached hydrogens (tertiary/aromatic N) is 1. The highest BCUT2D eigenvalue weighted by molar-refractivity contribution is 7.89. The molecule has 1 N–H and O–H groups in total. The van der Waals surface area contributed by atoms with Crippen molar-refractivity contribution in [3.63, 3.8) is 0 Å². The summed E-state index contributed by atoms with van der Waals surface area (Å²) in [6.07, 6.45) is 1.16. The molecule has 7 heteroatoms. The monoisotopic (exact) mass is 284 g/mol. The van der Waals surface area contributed by atoms with E-state index in [1.807, 2.05) is 0 Å². The van der Waals surface area contributed by atoms with Crippen molar-refractivity contribution in [2.24, 2.45) is 0 Å². The van der Waals surface area contributed by atoms with E-state index in [9.17, 15) is 13.2 Å². The molecule has 2 rings (SSSR count). The molecule has 0 bridgehead atoms. The minimum atomic E-state index is -3.63. The third-order valence-electron chi connectivity index (χ3n) is 3.06. The van der Waals surface area contributed by atoms with Gasteiger partial charge in [-0.15, -0.1) is 0 Å². The summed E-state index contributed by atoms with van der Waals surface area (Å²) in [5.41, 5.74) is 2.20. The fourth-order valence-corrected chi connectivity index (χ4v) is 3.86. The SMILES string of the molecule is CONC(=O)C1CCCN1S(=O)(=O)c1ccccc1. The zero-order chi connectivity index (χ0) is 13.9. The quantitative estimate of drug-likeness (QED) is 0.818. The molecule has 1 atom stereocenters. The topological polar surface area (TPSA) is 75.7 Å². The summed E-state index contributed by atoms with van der Waals surface area (Å²) < 4.78 is 26.2. The molecule has 1 aromatic rings. The number of amides is 1. The molecule has 104 valence electrons. The average Bonchev–Trinajstić information content (AvgIpc) is 2.90. The Morgan fingerprint density at radius 2 is 2.05 bits per heavy atom. The minimum absolute atomic E-state index is 0.201. The molecule has 1 unspecified atom stereocenters. The van der Waals surface area contributed by atoms with Gasteiger partial charge in [0, 0.05) is 6.54 Å². The van der Waals surface area contributed by atoms with Crippen molar-refractivity contribution in [2.75, 3.05) is 13.7 Å². The second-order valence-electron chi connectivity index (χ2n) is 4.26. The molecule has 0 saturated carbocycles. The summed E-state index contributed by atoms with van der Waals surface area (Å²) in [6.45, 7) is 0.346. The van der Waals surface area contributed by atoms with Crippen LogP contribution in [0.3, 0.4) is 0 Å². The summed E-state index contributed by atoms with van der Waals surface area (Å²) in [5, 5.41) is 0. The van der Waals surface area contributed by atoms with Gasteiger partial charge in [0.15, 0.2) is 0 Å². The first-order valence-electron chi connectivity index (χ1n) is 5.97. The zero-order valence-corrected chi connectivity index (χ0v) is 11.4. The first kappa shape index (κ1) is 14.0. The standard InChI is InChI=1S/C12H16N2O4S/c1-18-13-12(15)11-8-5-9-14(11)19(16,17)10-6-3-2-4-7-10/h2-4,6-7,11H,5,8-9H2,1H3,(H,13,15). The van der Waals surface area contributed by atoms with Gasteiger partial charge in [-0.05, 0) is 25.0 Å². The first-order valence-corrected chi connectivity index (χ1v) is 7.41. The van der Waals surface area contributed by atoms with Gasteiger partial charge in [-0.3, -0.25) is 9.63 Å². The van der Waals surface area contributed by atoms with E-state index in [2.05, 4.69) is 10.3 Å². The van der Waals surface area contributed by atoms with Crippen molar-refractivity contribution >= 4 is 15.9 Å². The molecular weight excluding hydrogens is 268 g/mol. The second kappa shape index (κ2) is 5.68. The summed E-state index contributed by atoms with van der Waals surface area (Å²) in [4.78, 5) is 16.6. The van der Waals surface area contributed by atoms with Crippen LogP contribution < -0.4 is 5.48 Å². The molecule has 19 heavy (non-hydrogen) atoms. The number of benzene rings is 1. The van der Waals surface area contributed by atoms with E-state index in [4.69, 9.17) is 0 Å². The average molecular weight is 284 g/mol. The summed E-state index contributed by atoms with van der Waals surface area (Å²) in [5.74, 6) is -0.431. The van der Waals surface area contributed by atoms with Crippen LogP contribution in [-0.4, -0.2) is 38.3 Å². The highest BCUT2D eigenvalue weighted by Crippen LogP contribution is 2.25. The molecule has 1 aliphatic heterocycles. The van der Waals surface area contributed by atoms with Crippen LogP contribution in [0.4, 0.5) is 0 Å². The number of carbonyl (C=O) groups is 1. The van der Waals surface area contributed by atoms with Crippen LogP contribution in [-0.2, 0) is 19.7 Å². The Hall–Kier alpha value is -1.44. The maximum absolute atomic E-state index is 12.5. The van der Waals surface area contributed by atoms with Crippen LogP contribution in [0.1, 0.15) is 12.8 Å². The molecule has 0 aliphatic carbocycles. The molecule has 0 spiro atoms. The summed E-state index contributed by atoms with van der Waals surface area (Å²) in [6, 6.07) is 7.42. The third kappa shape index (κ3) is 2.78. The van der Waals surface area contributed by atoms with E-state index < -0.39 is 22.0 Å². The van der Waals surface area contributed by atoms with Crippen molar-refractivity contribution in [2.45, 2.75) is 23.8 Å². The van der Waals surface area contributed by atoms with E-state index in [1.54, 1.807) is 18.2 Å². The van der Waals surface area contributed by atoms with E-state index in [-0.39, 0.29) is 4.90 Å². The van der Waals surface area contributed by atoms with Crippen LogP contribution in [0.25, 0.3) is 0 Å². The summed E-state index contributed by atoms with van der Waals surface area (Å²) in [7, 11) is -2.31. The van der Waals surface area contributed by atoms with Gasteiger partial charge in [0.05, 0.1) is 12.0 Å². The first-order chi connectivity index (χ1) is 9.07. The van der Waals surface area contributed by atoms with Crippen molar-refractivity contribution in [3.05, 3.63) is 30.3 Å². The zero-order valence-electron chi connectivity index (χ0n) is 10.6. The Balaban J connectivity index is 2.27. The smallest absolute Gasteiger partial charge is 0.261 e. The van der Waals surface area contributed by atoms with Crippen LogP contribution in [0.2, 0.25) is 0 Å². The van der Waals surface area contributed by atoms with Crippen molar-refractivity contribution in [3.8, 4) is 0 Å². The largest absolute Gasteiger partial charge is 0.277 e. The molecule has 6 nitrogen and oxygen atoms in total. The predicted octanol–water partition coefficient (Wildman–Crippen LogP) is 0.517. The number of hydroxylamine groups is 1. The number of hydrogen-bond donors (Lipinski definition) is 1. The number of nitrogens with one attached hydrogen (secondary N) is 1. The second-order valence-corrected chi connectivity index (χ2v) is 6.15. The van der Waals surface area contributed by atoms with Crippen LogP contribution in [0, 0.1) is 0 Å². The lowest BCUT2D eigenvalue weighted by Gasteiger charge is -2.22. The van der Waals surface area contributed by atoms with Gasteiger partial charge < -0.3 is 0 Å². The van der Waals surface area contributed by atoms with Gasteiger partial charge in [0.1, 0.15) is 6.04 Å². The minimum Gasteiger partial charge on any atom is -0.277 e. The summed E-state index contributed by atoms with van der Waals surface area (Å²) >= 11 is 0. The molecule has 1 amide bonds. The van der Waals surface area contributed by atoms with Crippen molar-refractivity contribution in [1.29, 1.82) is 0 Å². The fourth-order valence-electron chi connectivity index (χ4n) is 2.19. The Kier molecular flexibility index (Phi) is 4.18. The van der Waals surface area contributed by atoms with Crippen molar-refractivity contribution in [1.82, 2.24) is 9.79 Å². The molecule has 1 saturated heterocycles. The van der Waals surface area contributed by atoms with E-state index in [1.165, 1.54) is 23.5 Å². The Morgan fingerprint density at radius 3 is 2.68 bits per heavy atom. The maximum atomic E-state index is 12.5. The molecule has 1 fully saturated rings. The van der Waals surface area contributed by atoms with Gasteiger partial charge in [-0.2, -0.15) is 4.31 Å². The van der Waals surface area contributed by atoms with Gasteiger partial charge >= 0.3 is 0 Å². The third-order valence-corrected chi connectivity index (χ3v) is 4.98. The van der Waals surface area contributed by atoms with Crippen LogP contribution >= 0.6 is 0 Å². The van der Waals surface area contributed by atoms with Crippen LogP contribution in [0.5, 0.6) is 0 Å². The molecular formula is C12H16N2O4S. The molecule has 1 aliphatic rings. The maximum Gasteiger partial charge on any atom is 0.261 e. The molecule has 1 aromatic carbocycles. The lowest BCUT2D eigenvalue weighted by atomic mass is 10.2. The normalized spacial score (nSPS) is 20.4. The van der Waals surface area contributed by atoms with E-state index in [0.717, 1.165) is 0 Å². The van der Waals surface area contributed by atoms with Gasteiger partial charge in [-0.1, -0.05) is 18.2 Å². The van der Waals surface area contributed by atoms with E-state index in [0.29, 0.717) is 19.4 Å². The van der Waals surface area contributed by atoms with Gasteiger partial charge in [0.2, 0.25) is 10.0 Å². The van der Waals surface area contributed by atoms with Gasteiger partial charge in [-0.25, -0.2) is 13.9 Å². The van der Waals surface area contributed by atoms with Gasteiger partial charge in [0.25, 0.3) is 5.91 Å². The van der Waals surface area contributed by atoms with E-state index >= 15 is 0 Å². The molecule has 1 heterocycles. The Morgan fingerprint density at radius 1 is 1.37 bits per heavy atom. The molecule has 0 aromatic heterocycles. The number of carbonyl (C=O) groups excluding carboxylic acids is 1. The van der Waals surface area contributed by atoms with Crippen LogP contribution in [0.15, 0.2) is 35.2 Å². The predicted molar refractivity (Wildman–Crippen MR) is 68.5 cm³/mol. The number of rotatable bonds is 4. The Bertz CT molecular complexity index is 544. The number of sulfonamides is 1. The Labute approximate surface area is 112 Å².